The van der Waals surface area contributed by atoms with Crippen molar-refractivity contribution in [3.8, 4) is 0 Å². The Kier molecular flexibility index (Phi) is 38.3. The van der Waals surface area contributed by atoms with Gasteiger partial charge in [-0.2, -0.15) is 32.0 Å². The summed E-state index contributed by atoms with van der Waals surface area (Å²) in [5, 5.41) is 0. The fourth-order valence-corrected chi connectivity index (χ4v) is 0.321. The van der Waals surface area contributed by atoms with Crippen LogP contribution < -0.4 is 0 Å². The van der Waals surface area contributed by atoms with E-state index >= 15 is 0 Å². The first-order valence-electron chi connectivity index (χ1n) is 3.08. The molecule has 0 unspecified atom stereocenters. The summed E-state index contributed by atoms with van der Waals surface area (Å²) in [4.78, 5) is 0. The van der Waals surface area contributed by atoms with Gasteiger partial charge in [-0.15, -0.1) is 0 Å². The number of hydrogen-bond donors (Lipinski definition) is 0. The Morgan fingerprint density at radius 2 is 1.20 bits per heavy atom. The summed E-state index contributed by atoms with van der Waals surface area (Å²) >= 11 is 0. The van der Waals surface area contributed by atoms with Gasteiger partial charge in [0, 0.05) is 0 Å². The minimum absolute atomic E-state index is 0. The molecule has 0 aliphatic rings. The predicted molar refractivity (Wildman–Crippen MR) is 44.1 cm³/mol. The van der Waals surface area contributed by atoms with Crippen molar-refractivity contribution in [2.45, 2.75) is 13.8 Å². The minimum atomic E-state index is 0. The zero-order chi connectivity index (χ0) is 7.54. The first-order valence-corrected chi connectivity index (χ1v) is 3.08. The van der Waals surface area contributed by atoms with Crippen LogP contribution in [-0.4, -0.2) is 0 Å². The van der Waals surface area contributed by atoms with Crippen molar-refractivity contribution < 1.29 is 35.6 Å². The van der Waals surface area contributed by atoms with Crippen LogP contribution >= 0.6 is 0 Å². The molecule has 0 saturated carbocycles. The molecule has 0 heterocycles. The van der Waals surface area contributed by atoms with E-state index in [0.717, 1.165) is 0 Å². The second-order valence-corrected chi connectivity index (χ2v) is 0.962. The molecule has 0 radical (unpaired) electrons. The van der Waals surface area contributed by atoms with Crippen LogP contribution in [0.2, 0.25) is 0 Å². The van der Waals surface area contributed by atoms with Crippen LogP contribution in [0.4, 0.5) is 0 Å². The van der Waals surface area contributed by atoms with Crippen LogP contribution in [0.25, 0.3) is 0 Å². The normalized spacial score (nSPS) is 5.20. The largest absolute Gasteiger partial charge is 3.00 e. The maximum atomic E-state index is 3.25. The summed E-state index contributed by atoms with van der Waals surface area (Å²) in [6.07, 6.45) is 0. The van der Waals surface area contributed by atoms with Gasteiger partial charge in [-0.25, -0.2) is 12.1 Å². The average molecular weight is 262 g/mol. The van der Waals surface area contributed by atoms with Gasteiger partial charge in [-0.3, -0.25) is 0 Å². The van der Waals surface area contributed by atoms with Gasteiger partial charge in [0.05, 0.1) is 0 Å². The van der Waals surface area contributed by atoms with Gasteiger partial charge < -0.3 is 13.8 Å². The average Bonchev–Trinajstić information content (AvgIpc) is 2.51. The van der Waals surface area contributed by atoms with Crippen LogP contribution in [-0.2, 0) is 0 Å². The standard InChI is InChI=1S/C5H5.2C2H5.La/c1-2-4-5-3-1;2*1-2;/h1-5H;2*1H2,2H3;/q3*-1;+3. The second-order valence-electron chi connectivity index (χ2n) is 0.962. The molecular formula is C9H15La. The SMILES string of the molecule is [CH2-]C.[CH2-]C.[La+3].c1cc[cH-]c1. The topological polar surface area (TPSA) is 0 Å². The van der Waals surface area contributed by atoms with Crippen molar-refractivity contribution in [2.24, 2.45) is 0 Å². The first kappa shape index (κ1) is 16.9. The fourth-order valence-electron chi connectivity index (χ4n) is 0.321. The summed E-state index contributed by atoms with van der Waals surface area (Å²) < 4.78 is 0. The van der Waals surface area contributed by atoms with E-state index in [9.17, 15) is 0 Å². The van der Waals surface area contributed by atoms with E-state index < -0.39 is 0 Å². The Bertz CT molecular complexity index is 61.2. The van der Waals surface area contributed by atoms with E-state index in [-0.39, 0.29) is 35.6 Å². The van der Waals surface area contributed by atoms with Gasteiger partial charge >= 0.3 is 35.6 Å². The Morgan fingerprint density at radius 3 is 1.30 bits per heavy atom. The summed E-state index contributed by atoms with van der Waals surface area (Å²) in [6.45, 7) is 10.0. The van der Waals surface area contributed by atoms with Crippen molar-refractivity contribution in [1.29, 1.82) is 0 Å². The van der Waals surface area contributed by atoms with Crippen LogP contribution in [0.15, 0.2) is 30.3 Å². The zero-order valence-corrected chi connectivity index (χ0v) is 10.5. The van der Waals surface area contributed by atoms with Crippen molar-refractivity contribution >= 4 is 0 Å². The van der Waals surface area contributed by atoms with E-state index in [0.29, 0.717) is 0 Å². The molecule has 0 amide bonds. The molecule has 0 bridgehead atoms. The predicted octanol–water partition coefficient (Wildman–Crippen LogP) is 3.09. The molecule has 10 heavy (non-hydrogen) atoms. The fraction of sp³-hybridized carbons (Fsp3) is 0.222. The second kappa shape index (κ2) is 22.7. The van der Waals surface area contributed by atoms with E-state index in [1.165, 1.54) is 0 Å². The molecule has 54 valence electrons. The third-order valence-corrected chi connectivity index (χ3v) is 0.556. The van der Waals surface area contributed by atoms with Gasteiger partial charge in [0.1, 0.15) is 0 Å². The zero-order valence-electron chi connectivity index (χ0n) is 6.88. The number of hydrogen-bond acceptors (Lipinski definition) is 0. The monoisotopic (exact) mass is 262 g/mol. The van der Waals surface area contributed by atoms with E-state index in [4.69, 9.17) is 0 Å². The molecule has 0 aliphatic heterocycles. The molecule has 1 aromatic rings. The van der Waals surface area contributed by atoms with E-state index in [2.05, 4.69) is 13.8 Å². The maximum absolute atomic E-state index is 3.25. The summed E-state index contributed by atoms with van der Waals surface area (Å²) in [5.41, 5.74) is 0. The van der Waals surface area contributed by atoms with Crippen LogP contribution in [0.1, 0.15) is 13.8 Å². The molecule has 0 fully saturated rings. The third-order valence-electron chi connectivity index (χ3n) is 0.556. The van der Waals surface area contributed by atoms with Crippen molar-refractivity contribution in [3.63, 3.8) is 0 Å². The van der Waals surface area contributed by atoms with Crippen molar-refractivity contribution in [3.05, 3.63) is 44.2 Å². The molecule has 1 aromatic carbocycles. The Morgan fingerprint density at radius 1 is 0.900 bits per heavy atom. The summed E-state index contributed by atoms with van der Waals surface area (Å²) in [5.74, 6) is 0. The minimum Gasteiger partial charge on any atom is -0.346 e. The molecule has 0 saturated heterocycles. The quantitative estimate of drug-likeness (QED) is 0.630. The van der Waals surface area contributed by atoms with Gasteiger partial charge in [0.15, 0.2) is 0 Å². The molecule has 0 aromatic heterocycles. The van der Waals surface area contributed by atoms with Gasteiger partial charge in [-0.1, -0.05) is 0 Å². The van der Waals surface area contributed by atoms with Crippen LogP contribution in [0, 0.1) is 49.4 Å². The molecule has 1 heteroatoms. The van der Waals surface area contributed by atoms with Crippen molar-refractivity contribution in [1.82, 2.24) is 0 Å². The van der Waals surface area contributed by atoms with E-state index in [1.807, 2.05) is 30.3 Å². The molecule has 0 N–H and O–H groups in total. The molecule has 0 atom stereocenters. The van der Waals surface area contributed by atoms with Crippen molar-refractivity contribution in [2.75, 3.05) is 0 Å². The van der Waals surface area contributed by atoms with Gasteiger partial charge in [0.2, 0.25) is 0 Å². The summed E-state index contributed by atoms with van der Waals surface area (Å²) in [6, 6.07) is 10.0. The van der Waals surface area contributed by atoms with Gasteiger partial charge in [-0.05, 0) is 0 Å². The molecule has 1 rings (SSSR count). The van der Waals surface area contributed by atoms with Gasteiger partial charge in [0.25, 0.3) is 0 Å². The maximum Gasteiger partial charge on any atom is 3.00 e. The smallest absolute Gasteiger partial charge is 0.346 e. The molecular weight excluding hydrogens is 247 g/mol. The Labute approximate surface area is 93.0 Å². The summed E-state index contributed by atoms with van der Waals surface area (Å²) in [7, 11) is 0. The number of rotatable bonds is 0. The van der Waals surface area contributed by atoms with E-state index in [1.54, 1.807) is 13.8 Å². The Hall–Kier alpha value is 0.545. The van der Waals surface area contributed by atoms with Crippen LogP contribution in [0.3, 0.4) is 0 Å². The molecule has 0 spiro atoms. The van der Waals surface area contributed by atoms with Crippen LogP contribution in [0.5, 0.6) is 0 Å². The molecule has 0 aliphatic carbocycles. The third kappa shape index (κ3) is 15.8. The first-order chi connectivity index (χ1) is 4.50. The molecule has 0 nitrogen and oxygen atoms in total. The Balaban J connectivity index is -0.0000000875.